The molecular weight excluding hydrogens is 172 g/mol. The Bertz CT molecular complexity index is 250. The highest BCUT2D eigenvalue weighted by Gasteiger charge is 2.39. The van der Waals surface area contributed by atoms with Gasteiger partial charge in [-0.25, -0.2) is 5.43 Å². The van der Waals surface area contributed by atoms with E-state index in [0.717, 1.165) is 12.8 Å². The molecule has 1 saturated carbocycles. The van der Waals surface area contributed by atoms with E-state index in [1.54, 1.807) is 0 Å². The second-order valence-corrected chi connectivity index (χ2v) is 3.65. The average Bonchev–Trinajstić information content (AvgIpc) is 2.79. The Morgan fingerprint density at radius 1 is 1.62 bits per heavy atom. The minimum Gasteiger partial charge on any atom is -0.480 e. The van der Waals surface area contributed by atoms with E-state index in [0.29, 0.717) is 12.3 Å². The zero-order valence-corrected chi connectivity index (χ0v) is 7.19. The molecule has 72 valence electrons. The zero-order valence-electron chi connectivity index (χ0n) is 7.19. The van der Waals surface area contributed by atoms with Crippen LogP contribution < -0.4 is 5.43 Å². The van der Waals surface area contributed by atoms with Gasteiger partial charge in [-0.1, -0.05) is 0 Å². The largest absolute Gasteiger partial charge is 0.480 e. The molecular formula is C8H12N2O3. The molecule has 2 rings (SSSR count). The normalized spacial score (nSPS) is 28.2. The topological polar surface area (TPSA) is 69.6 Å². The number of carbonyl (C=O) groups excluding carboxylic acids is 1. The first kappa shape index (κ1) is 8.50. The minimum absolute atomic E-state index is 0.0979. The molecule has 1 aliphatic carbocycles. The SMILES string of the molecule is O=C(O)CN1NC(C2CC2)CC1=O. The maximum Gasteiger partial charge on any atom is 0.324 e. The highest BCUT2D eigenvalue weighted by molar-refractivity contribution is 5.82. The van der Waals surface area contributed by atoms with Crippen molar-refractivity contribution >= 4 is 11.9 Å². The van der Waals surface area contributed by atoms with Crippen molar-refractivity contribution in [2.75, 3.05) is 6.54 Å². The van der Waals surface area contributed by atoms with Gasteiger partial charge in [0.2, 0.25) is 5.91 Å². The first-order valence-electron chi connectivity index (χ1n) is 4.45. The number of carboxylic acids is 1. The summed E-state index contributed by atoms with van der Waals surface area (Å²) in [6, 6.07) is 0.187. The van der Waals surface area contributed by atoms with Crippen molar-refractivity contribution in [2.45, 2.75) is 25.3 Å². The van der Waals surface area contributed by atoms with Crippen LogP contribution in [0.25, 0.3) is 0 Å². The lowest BCUT2D eigenvalue weighted by Crippen LogP contribution is -2.41. The molecule has 0 aromatic rings. The fraction of sp³-hybridized carbons (Fsp3) is 0.750. The van der Waals surface area contributed by atoms with Gasteiger partial charge < -0.3 is 5.11 Å². The van der Waals surface area contributed by atoms with Crippen LogP contribution in [-0.2, 0) is 9.59 Å². The summed E-state index contributed by atoms with van der Waals surface area (Å²) >= 11 is 0. The first-order chi connectivity index (χ1) is 6.16. The van der Waals surface area contributed by atoms with Gasteiger partial charge in [-0.15, -0.1) is 0 Å². The van der Waals surface area contributed by atoms with Crippen LogP contribution in [-0.4, -0.2) is 34.6 Å². The summed E-state index contributed by atoms with van der Waals surface area (Å²) in [5.74, 6) is -0.487. The predicted molar refractivity (Wildman–Crippen MR) is 43.6 cm³/mol. The first-order valence-corrected chi connectivity index (χ1v) is 4.45. The van der Waals surface area contributed by atoms with Crippen molar-refractivity contribution in [3.05, 3.63) is 0 Å². The quantitative estimate of drug-likeness (QED) is 0.625. The van der Waals surface area contributed by atoms with Gasteiger partial charge in [0.15, 0.2) is 0 Å². The van der Waals surface area contributed by atoms with Crippen LogP contribution in [0.2, 0.25) is 0 Å². The number of hydrogen-bond donors (Lipinski definition) is 2. The van der Waals surface area contributed by atoms with Crippen LogP contribution >= 0.6 is 0 Å². The van der Waals surface area contributed by atoms with Gasteiger partial charge in [-0.05, 0) is 18.8 Å². The number of aliphatic carboxylic acids is 1. The Morgan fingerprint density at radius 2 is 2.31 bits per heavy atom. The van der Waals surface area contributed by atoms with Crippen molar-refractivity contribution in [2.24, 2.45) is 5.92 Å². The monoisotopic (exact) mass is 184 g/mol. The van der Waals surface area contributed by atoms with Crippen molar-refractivity contribution in [3.8, 4) is 0 Å². The molecule has 2 fully saturated rings. The van der Waals surface area contributed by atoms with Crippen LogP contribution in [0.15, 0.2) is 0 Å². The molecule has 0 bridgehead atoms. The predicted octanol–water partition coefficient (Wildman–Crippen LogP) is -0.413. The molecule has 5 nitrogen and oxygen atoms in total. The molecule has 1 amide bonds. The van der Waals surface area contributed by atoms with Gasteiger partial charge in [-0.2, -0.15) is 0 Å². The van der Waals surface area contributed by atoms with Gasteiger partial charge in [0.1, 0.15) is 6.54 Å². The summed E-state index contributed by atoms with van der Waals surface area (Å²) in [5, 5.41) is 9.71. The van der Waals surface area contributed by atoms with Crippen molar-refractivity contribution < 1.29 is 14.7 Å². The third kappa shape index (κ3) is 1.80. The average molecular weight is 184 g/mol. The van der Waals surface area contributed by atoms with E-state index in [1.807, 2.05) is 0 Å². The molecule has 0 aromatic heterocycles. The lowest BCUT2D eigenvalue weighted by atomic mass is 10.1. The number of nitrogens with one attached hydrogen (secondary N) is 1. The standard InChI is InChI=1S/C8H12N2O3/c11-7-3-6(5-1-2-5)9-10(7)4-8(12)13/h5-6,9H,1-4H2,(H,12,13). The van der Waals surface area contributed by atoms with E-state index >= 15 is 0 Å². The third-order valence-electron chi connectivity index (χ3n) is 2.50. The Morgan fingerprint density at radius 3 is 2.85 bits per heavy atom. The van der Waals surface area contributed by atoms with E-state index < -0.39 is 5.97 Å². The molecule has 0 aromatic carbocycles. The summed E-state index contributed by atoms with van der Waals surface area (Å²) in [5.41, 5.74) is 2.94. The van der Waals surface area contributed by atoms with E-state index in [2.05, 4.69) is 5.43 Å². The fourth-order valence-corrected chi connectivity index (χ4v) is 1.66. The van der Waals surface area contributed by atoms with E-state index in [9.17, 15) is 9.59 Å². The molecule has 1 unspecified atom stereocenters. The Kier molecular flexibility index (Phi) is 1.95. The lowest BCUT2D eigenvalue weighted by Gasteiger charge is -2.14. The summed E-state index contributed by atoms with van der Waals surface area (Å²) in [6.07, 6.45) is 2.77. The van der Waals surface area contributed by atoms with Gasteiger partial charge in [0.25, 0.3) is 0 Å². The number of carbonyl (C=O) groups is 2. The third-order valence-corrected chi connectivity index (χ3v) is 2.50. The Balaban J connectivity index is 1.90. The zero-order chi connectivity index (χ0) is 9.42. The summed E-state index contributed by atoms with van der Waals surface area (Å²) < 4.78 is 0. The molecule has 2 aliphatic rings. The number of amides is 1. The molecule has 1 aliphatic heterocycles. The van der Waals surface area contributed by atoms with Crippen LogP contribution in [0.3, 0.4) is 0 Å². The van der Waals surface area contributed by atoms with Crippen LogP contribution in [0.5, 0.6) is 0 Å². The number of nitrogens with zero attached hydrogens (tertiary/aromatic N) is 1. The van der Waals surface area contributed by atoms with Gasteiger partial charge in [0, 0.05) is 12.5 Å². The van der Waals surface area contributed by atoms with Crippen molar-refractivity contribution in [3.63, 3.8) is 0 Å². The Hall–Kier alpha value is -1.10. The maximum absolute atomic E-state index is 11.3. The minimum atomic E-state index is -0.975. The number of carboxylic acid groups (broad SMARTS) is 1. The number of hydrogen-bond acceptors (Lipinski definition) is 3. The molecule has 1 atom stereocenters. The van der Waals surface area contributed by atoms with Crippen molar-refractivity contribution in [1.29, 1.82) is 0 Å². The fourth-order valence-electron chi connectivity index (χ4n) is 1.66. The van der Waals surface area contributed by atoms with Gasteiger partial charge >= 0.3 is 5.97 Å². The molecule has 2 N–H and O–H groups in total. The number of rotatable bonds is 3. The van der Waals surface area contributed by atoms with Crippen LogP contribution in [0.1, 0.15) is 19.3 Å². The molecule has 1 heterocycles. The van der Waals surface area contributed by atoms with Gasteiger partial charge in [-0.3, -0.25) is 14.6 Å². The molecule has 0 spiro atoms. The van der Waals surface area contributed by atoms with E-state index in [1.165, 1.54) is 5.01 Å². The van der Waals surface area contributed by atoms with E-state index in [4.69, 9.17) is 5.11 Å². The summed E-state index contributed by atoms with van der Waals surface area (Å²) in [7, 11) is 0. The molecule has 0 radical (unpaired) electrons. The highest BCUT2D eigenvalue weighted by atomic mass is 16.4. The van der Waals surface area contributed by atoms with Crippen LogP contribution in [0.4, 0.5) is 0 Å². The number of hydrazine groups is 1. The van der Waals surface area contributed by atoms with Gasteiger partial charge in [0.05, 0.1) is 0 Å². The lowest BCUT2D eigenvalue weighted by molar-refractivity contribution is -0.144. The summed E-state index contributed by atoms with van der Waals surface area (Å²) in [4.78, 5) is 21.6. The molecule has 5 heteroatoms. The molecule has 1 saturated heterocycles. The molecule has 13 heavy (non-hydrogen) atoms. The van der Waals surface area contributed by atoms with Crippen molar-refractivity contribution in [1.82, 2.24) is 10.4 Å². The maximum atomic E-state index is 11.3. The summed E-state index contributed by atoms with van der Waals surface area (Å²) in [6.45, 7) is -0.234. The Labute approximate surface area is 75.7 Å². The highest BCUT2D eigenvalue weighted by Crippen LogP contribution is 2.35. The van der Waals surface area contributed by atoms with Crippen LogP contribution in [0, 0.1) is 5.92 Å². The van der Waals surface area contributed by atoms with E-state index in [-0.39, 0.29) is 18.5 Å². The smallest absolute Gasteiger partial charge is 0.324 e. The second kappa shape index (κ2) is 2.99. The second-order valence-electron chi connectivity index (χ2n) is 3.65.